The molecule has 5 nitrogen and oxygen atoms in total. The van der Waals surface area contributed by atoms with Gasteiger partial charge in [-0.2, -0.15) is 0 Å². The van der Waals surface area contributed by atoms with Crippen LogP contribution in [0.1, 0.15) is 70.3 Å². The Balaban J connectivity index is 0.00000676. The van der Waals surface area contributed by atoms with E-state index in [1.54, 1.807) is 21.3 Å². The molecule has 0 saturated carbocycles. The number of unbranched alkanes of at least 4 members (excludes halogenated alkanes) is 5. The van der Waals surface area contributed by atoms with Gasteiger partial charge >= 0.3 is 0 Å². The Morgan fingerprint density at radius 2 is 1.30 bits per heavy atom. The lowest BCUT2D eigenvalue weighted by atomic mass is 9.70. The van der Waals surface area contributed by atoms with Gasteiger partial charge in [-0.05, 0) is 31.4 Å². The maximum absolute atomic E-state index is 5.87. The second-order valence-corrected chi connectivity index (χ2v) is 7.03. The minimum atomic E-state index is -1.12. The third-order valence-electron chi connectivity index (χ3n) is 5.48. The maximum Gasteiger partial charge on any atom is 0.292 e. The van der Waals surface area contributed by atoms with E-state index in [1.807, 2.05) is 6.07 Å². The number of hydrogen-bond acceptors (Lipinski definition) is 5. The SMILES string of the molecule is CCCCCCCCC(CCCN)(c1ccccc1)C(OC)(OC)OC.N. The molecule has 0 spiro atoms. The molecule has 0 amide bonds. The lowest BCUT2D eigenvalue weighted by Crippen LogP contribution is -2.56. The highest BCUT2D eigenvalue weighted by atomic mass is 16.9. The Kier molecular flexibility index (Phi) is 13.6. The summed E-state index contributed by atoms with van der Waals surface area (Å²) in [5, 5.41) is 0. The zero-order valence-corrected chi connectivity index (χ0v) is 18.0. The van der Waals surface area contributed by atoms with Crippen molar-refractivity contribution < 1.29 is 14.2 Å². The van der Waals surface area contributed by atoms with Crippen molar-refractivity contribution in [2.45, 2.75) is 76.1 Å². The smallest absolute Gasteiger partial charge is 0.292 e. The predicted octanol–water partition coefficient (Wildman–Crippen LogP) is 5.17. The Morgan fingerprint density at radius 3 is 1.81 bits per heavy atom. The third-order valence-corrected chi connectivity index (χ3v) is 5.48. The summed E-state index contributed by atoms with van der Waals surface area (Å²) in [7, 11) is 4.98. The lowest BCUT2D eigenvalue weighted by Gasteiger charge is -2.47. The molecular formula is C22H42N2O3. The summed E-state index contributed by atoms with van der Waals surface area (Å²) >= 11 is 0. The fraction of sp³-hybridized carbons (Fsp3) is 0.727. The van der Waals surface area contributed by atoms with E-state index in [1.165, 1.54) is 37.7 Å². The second-order valence-electron chi connectivity index (χ2n) is 7.03. The summed E-state index contributed by atoms with van der Waals surface area (Å²) in [5.41, 5.74) is 6.66. The van der Waals surface area contributed by atoms with Crippen molar-refractivity contribution in [1.29, 1.82) is 0 Å². The van der Waals surface area contributed by atoms with Crippen molar-refractivity contribution in [3.8, 4) is 0 Å². The van der Waals surface area contributed by atoms with Gasteiger partial charge in [0.05, 0.1) is 5.41 Å². The number of rotatable bonds is 15. The molecule has 0 aliphatic carbocycles. The standard InChI is InChI=1S/C22H39NO3.H3N/c1-5-6-7-8-9-13-17-21(18-14-19-23,20-15-11-10-12-16-20)22(24-2,25-3)26-4;/h10-12,15-16H,5-9,13-14,17-19,23H2,1-4H3;1H3. The van der Waals surface area contributed by atoms with E-state index in [0.717, 1.165) is 25.7 Å². The van der Waals surface area contributed by atoms with Gasteiger partial charge in [0, 0.05) is 21.3 Å². The van der Waals surface area contributed by atoms with E-state index < -0.39 is 11.4 Å². The highest BCUT2D eigenvalue weighted by Crippen LogP contribution is 2.46. The van der Waals surface area contributed by atoms with Crippen molar-refractivity contribution >= 4 is 0 Å². The summed E-state index contributed by atoms with van der Waals surface area (Å²) in [5.74, 6) is -1.12. The number of hydrogen-bond donors (Lipinski definition) is 2. The molecule has 0 aliphatic heterocycles. The molecule has 0 heterocycles. The summed E-state index contributed by atoms with van der Waals surface area (Å²) in [4.78, 5) is 0. The number of nitrogens with two attached hydrogens (primary N) is 1. The van der Waals surface area contributed by atoms with Crippen LogP contribution in [-0.4, -0.2) is 33.8 Å². The molecule has 1 aromatic rings. The molecule has 1 rings (SSSR count). The van der Waals surface area contributed by atoms with Gasteiger partial charge in [-0.15, -0.1) is 0 Å². The van der Waals surface area contributed by atoms with E-state index in [0.29, 0.717) is 6.54 Å². The van der Waals surface area contributed by atoms with Crippen LogP contribution in [0, 0.1) is 0 Å². The molecule has 158 valence electrons. The van der Waals surface area contributed by atoms with Crippen LogP contribution in [0.25, 0.3) is 0 Å². The first-order valence-electron chi connectivity index (χ1n) is 10.1. The van der Waals surface area contributed by atoms with Crippen LogP contribution in [0.4, 0.5) is 0 Å². The van der Waals surface area contributed by atoms with Crippen LogP contribution in [0.2, 0.25) is 0 Å². The zero-order valence-electron chi connectivity index (χ0n) is 18.0. The van der Waals surface area contributed by atoms with Crippen molar-refractivity contribution in [1.82, 2.24) is 6.15 Å². The Morgan fingerprint density at radius 1 is 0.778 bits per heavy atom. The van der Waals surface area contributed by atoms with E-state index in [9.17, 15) is 0 Å². The van der Waals surface area contributed by atoms with Crippen molar-refractivity contribution in [3.63, 3.8) is 0 Å². The highest BCUT2D eigenvalue weighted by Gasteiger charge is 2.54. The molecule has 1 atom stereocenters. The van der Waals surface area contributed by atoms with Gasteiger partial charge < -0.3 is 26.1 Å². The van der Waals surface area contributed by atoms with Crippen LogP contribution in [0.5, 0.6) is 0 Å². The minimum absolute atomic E-state index is 0. The first-order chi connectivity index (χ1) is 12.7. The molecule has 0 aliphatic rings. The highest BCUT2D eigenvalue weighted by molar-refractivity contribution is 5.28. The molecule has 1 aromatic carbocycles. The first kappa shape index (κ1) is 26.0. The second kappa shape index (κ2) is 14.1. The van der Waals surface area contributed by atoms with Crippen LogP contribution in [0.3, 0.4) is 0 Å². The summed E-state index contributed by atoms with van der Waals surface area (Å²) in [6, 6.07) is 10.5. The largest absolute Gasteiger partial charge is 0.344 e. The van der Waals surface area contributed by atoms with E-state index in [-0.39, 0.29) is 6.15 Å². The maximum atomic E-state index is 5.87. The molecule has 0 fully saturated rings. The molecule has 0 aromatic heterocycles. The van der Waals surface area contributed by atoms with Gasteiger partial charge in [0.15, 0.2) is 0 Å². The number of methoxy groups -OCH3 is 3. The average Bonchev–Trinajstić information content (AvgIpc) is 2.70. The quantitative estimate of drug-likeness (QED) is 0.323. The van der Waals surface area contributed by atoms with Gasteiger partial charge in [0.25, 0.3) is 5.97 Å². The van der Waals surface area contributed by atoms with Crippen molar-refractivity contribution in [2.75, 3.05) is 27.9 Å². The third kappa shape index (κ3) is 6.54. The van der Waals surface area contributed by atoms with E-state index >= 15 is 0 Å². The van der Waals surface area contributed by atoms with E-state index in [2.05, 4.69) is 31.2 Å². The molecular weight excluding hydrogens is 340 g/mol. The van der Waals surface area contributed by atoms with Gasteiger partial charge in [-0.25, -0.2) is 0 Å². The van der Waals surface area contributed by atoms with Gasteiger partial charge in [-0.3, -0.25) is 0 Å². The molecule has 5 N–H and O–H groups in total. The number of benzene rings is 1. The average molecular weight is 383 g/mol. The summed E-state index contributed by atoms with van der Waals surface area (Å²) < 4.78 is 17.6. The molecule has 0 radical (unpaired) electrons. The predicted molar refractivity (Wildman–Crippen MR) is 113 cm³/mol. The summed E-state index contributed by atoms with van der Waals surface area (Å²) in [6.07, 6.45) is 10.2. The van der Waals surface area contributed by atoms with Crippen molar-refractivity contribution in [3.05, 3.63) is 35.9 Å². The number of ether oxygens (including phenoxy) is 3. The van der Waals surface area contributed by atoms with Gasteiger partial charge in [0.1, 0.15) is 0 Å². The topological polar surface area (TPSA) is 88.7 Å². The van der Waals surface area contributed by atoms with Gasteiger partial charge in [-0.1, -0.05) is 75.8 Å². The Bertz CT molecular complexity index is 458. The molecule has 0 bridgehead atoms. The zero-order chi connectivity index (χ0) is 19.3. The fourth-order valence-corrected chi connectivity index (χ4v) is 4.10. The molecule has 1 unspecified atom stereocenters. The van der Waals surface area contributed by atoms with Crippen LogP contribution < -0.4 is 11.9 Å². The molecule has 0 saturated heterocycles. The Hall–Kier alpha value is -0.980. The lowest BCUT2D eigenvalue weighted by molar-refractivity contribution is -0.390. The van der Waals surface area contributed by atoms with Crippen molar-refractivity contribution in [2.24, 2.45) is 5.73 Å². The van der Waals surface area contributed by atoms with Crippen LogP contribution in [0.15, 0.2) is 30.3 Å². The monoisotopic (exact) mass is 382 g/mol. The first-order valence-corrected chi connectivity index (χ1v) is 10.1. The summed E-state index contributed by atoms with van der Waals surface area (Å²) in [6.45, 7) is 2.88. The van der Waals surface area contributed by atoms with Crippen LogP contribution in [-0.2, 0) is 19.6 Å². The normalized spacial score (nSPS) is 13.8. The molecule has 27 heavy (non-hydrogen) atoms. The Labute approximate surface area is 166 Å². The van der Waals surface area contributed by atoms with Gasteiger partial charge in [0.2, 0.25) is 0 Å². The van der Waals surface area contributed by atoms with E-state index in [4.69, 9.17) is 19.9 Å². The minimum Gasteiger partial charge on any atom is -0.344 e. The van der Waals surface area contributed by atoms with Crippen LogP contribution >= 0.6 is 0 Å². The molecule has 5 heteroatoms. The fourth-order valence-electron chi connectivity index (χ4n) is 4.10.